The zero-order valence-electron chi connectivity index (χ0n) is 17.2. The number of methoxy groups -OCH3 is 1. The Morgan fingerprint density at radius 2 is 1.83 bits per heavy atom. The molecule has 0 bridgehead atoms. The Balaban J connectivity index is 1.88. The Bertz CT molecular complexity index is 875. The largest absolute Gasteiger partial charge is 0.494 e. The first-order valence-corrected chi connectivity index (χ1v) is 10.1. The standard InChI is InChI=1S/C22H28N2O5/c1-4-28-21(25)14-9-11-15(12-10-14)24-19-16-7-6-8-18(27-3)20(16)23-13-17(19)22(26)29-5-2/h6-8,13-15H,4-5,9-12H2,1-3H3,(H,23,24). The molecule has 0 aliphatic heterocycles. The molecule has 0 radical (unpaired) electrons. The van der Waals surface area contributed by atoms with Crippen molar-refractivity contribution in [2.75, 3.05) is 25.6 Å². The molecular formula is C22H28N2O5. The van der Waals surface area contributed by atoms with Crippen molar-refractivity contribution in [3.05, 3.63) is 30.0 Å². The normalized spacial score (nSPS) is 18.9. The van der Waals surface area contributed by atoms with Gasteiger partial charge in [-0.2, -0.15) is 0 Å². The summed E-state index contributed by atoms with van der Waals surface area (Å²) in [6, 6.07) is 5.78. The van der Waals surface area contributed by atoms with Crippen LogP contribution in [0, 0.1) is 5.92 Å². The van der Waals surface area contributed by atoms with Crippen LogP contribution in [0.3, 0.4) is 0 Å². The highest BCUT2D eigenvalue weighted by Gasteiger charge is 2.28. The molecule has 1 N–H and O–H groups in total. The molecule has 1 aromatic heterocycles. The highest BCUT2D eigenvalue weighted by Crippen LogP contribution is 2.35. The lowest BCUT2D eigenvalue weighted by Gasteiger charge is -2.29. The van der Waals surface area contributed by atoms with Crippen molar-refractivity contribution in [2.45, 2.75) is 45.6 Å². The number of carbonyl (C=O) groups is 2. The molecule has 1 aromatic carbocycles. The van der Waals surface area contributed by atoms with Gasteiger partial charge in [0.15, 0.2) is 0 Å². The first kappa shape index (κ1) is 20.9. The summed E-state index contributed by atoms with van der Waals surface area (Å²) in [6.07, 6.45) is 4.70. The molecule has 29 heavy (non-hydrogen) atoms. The van der Waals surface area contributed by atoms with Crippen LogP contribution in [0.25, 0.3) is 10.9 Å². The molecule has 156 valence electrons. The van der Waals surface area contributed by atoms with Crippen LogP contribution in [0.15, 0.2) is 24.4 Å². The van der Waals surface area contributed by atoms with Crippen LogP contribution in [0.1, 0.15) is 49.9 Å². The van der Waals surface area contributed by atoms with Gasteiger partial charge in [0.25, 0.3) is 0 Å². The van der Waals surface area contributed by atoms with E-state index in [9.17, 15) is 9.59 Å². The molecule has 0 amide bonds. The van der Waals surface area contributed by atoms with Crippen molar-refractivity contribution < 1.29 is 23.8 Å². The minimum absolute atomic E-state index is 0.0493. The number of para-hydroxylation sites is 1. The van der Waals surface area contributed by atoms with E-state index in [0.717, 1.165) is 31.1 Å². The van der Waals surface area contributed by atoms with Crippen molar-refractivity contribution in [3.63, 3.8) is 0 Å². The highest BCUT2D eigenvalue weighted by molar-refractivity contribution is 6.06. The molecule has 7 heteroatoms. The van der Waals surface area contributed by atoms with E-state index in [0.29, 0.717) is 35.7 Å². The van der Waals surface area contributed by atoms with Crippen LogP contribution in [0.2, 0.25) is 0 Å². The van der Waals surface area contributed by atoms with Crippen LogP contribution < -0.4 is 10.1 Å². The van der Waals surface area contributed by atoms with Gasteiger partial charge in [0.2, 0.25) is 0 Å². The monoisotopic (exact) mass is 400 g/mol. The quantitative estimate of drug-likeness (QED) is 0.704. The van der Waals surface area contributed by atoms with Gasteiger partial charge in [-0.25, -0.2) is 4.79 Å². The Hall–Kier alpha value is -2.83. The van der Waals surface area contributed by atoms with Crippen molar-refractivity contribution in [1.82, 2.24) is 4.98 Å². The van der Waals surface area contributed by atoms with Gasteiger partial charge in [0.1, 0.15) is 16.8 Å². The average Bonchev–Trinajstić information content (AvgIpc) is 2.74. The second kappa shape index (κ2) is 9.58. The molecule has 7 nitrogen and oxygen atoms in total. The molecule has 0 spiro atoms. The van der Waals surface area contributed by atoms with E-state index in [1.165, 1.54) is 6.20 Å². The van der Waals surface area contributed by atoms with Gasteiger partial charge >= 0.3 is 11.9 Å². The summed E-state index contributed by atoms with van der Waals surface area (Å²) in [5.74, 6) is 0.0727. The van der Waals surface area contributed by atoms with Gasteiger partial charge in [-0.15, -0.1) is 0 Å². The first-order valence-electron chi connectivity index (χ1n) is 10.1. The summed E-state index contributed by atoms with van der Waals surface area (Å²) in [5, 5.41) is 4.33. The smallest absolute Gasteiger partial charge is 0.341 e. The zero-order chi connectivity index (χ0) is 20.8. The summed E-state index contributed by atoms with van der Waals surface area (Å²) in [7, 11) is 1.60. The van der Waals surface area contributed by atoms with Crippen LogP contribution in [-0.2, 0) is 14.3 Å². The number of anilines is 1. The number of fused-ring (bicyclic) bond motifs is 1. The van der Waals surface area contributed by atoms with Crippen LogP contribution in [0.5, 0.6) is 5.75 Å². The number of carbonyl (C=O) groups excluding carboxylic acids is 2. The van der Waals surface area contributed by atoms with Gasteiger partial charge < -0.3 is 19.5 Å². The molecule has 3 rings (SSSR count). The van der Waals surface area contributed by atoms with E-state index in [2.05, 4.69) is 10.3 Å². The first-order chi connectivity index (χ1) is 14.1. The summed E-state index contributed by atoms with van der Waals surface area (Å²) >= 11 is 0. The molecular weight excluding hydrogens is 372 g/mol. The van der Waals surface area contributed by atoms with Gasteiger partial charge in [0, 0.05) is 17.6 Å². The van der Waals surface area contributed by atoms with Gasteiger partial charge in [-0.3, -0.25) is 9.78 Å². The third kappa shape index (κ3) is 4.60. The van der Waals surface area contributed by atoms with Crippen molar-refractivity contribution >= 4 is 28.5 Å². The highest BCUT2D eigenvalue weighted by atomic mass is 16.5. The minimum atomic E-state index is -0.410. The van der Waals surface area contributed by atoms with Crippen molar-refractivity contribution in [3.8, 4) is 5.75 Å². The second-order valence-electron chi connectivity index (χ2n) is 7.07. The molecule has 1 aliphatic rings. The second-order valence-corrected chi connectivity index (χ2v) is 7.07. The van der Waals surface area contributed by atoms with Gasteiger partial charge in [0.05, 0.1) is 31.9 Å². The average molecular weight is 400 g/mol. The predicted molar refractivity (Wildman–Crippen MR) is 110 cm³/mol. The van der Waals surface area contributed by atoms with Crippen molar-refractivity contribution in [1.29, 1.82) is 0 Å². The fourth-order valence-electron chi connectivity index (χ4n) is 3.82. The number of ether oxygens (including phenoxy) is 3. The maximum atomic E-state index is 12.5. The molecule has 2 aromatic rings. The topological polar surface area (TPSA) is 86.8 Å². The number of pyridine rings is 1. The summed E-state index contributed by atoms with van der Waals surface area (Å²) in [6.45, 7) is 4.30. The number of nitrogens with zero attached hydrogens (tertiary/aromatic N) is 1. The molecule has 1 saturated carbocycles. The van der Waals surface area contributed by atoms with Crippen molar-refractivity contribution in [2.24, 2.45) is 5.92 Å². The third-order valence-electron chi connectivity index (χ3n) is 5.27. The van der Waals surface area contributed by atoms with E-state index in [-0.39, 0.29) is 17.9 Å². The van der Waals surface area contributed by atoms with E-state index in [1.807, 2.05) is 25.1 Å². The van der Waals surface area contributed by atoms with Crippen LogP contribution >= 0.6 is 0 Å². The number of hydrogen-bond acceptors (Lipinski definition) is 7. The van der Waals surface area contributed by atoms with E-state index in [4.69, 9.17) is 14.2 Å². The maximum absolute atomic E-state index is 12.5. The lowest BCUT2D eigenvalue weighted by atomic mass is 9.86. The lowest BCUT2D eigenvalue weighted by Crippen LogP contribution is -2.31. The minimum Gasteiger partial charge on any atom is -0.494 e. The summed E-state index contributed by atoms with van der Waals surface area (Å²) < 4.78 is 15.8. The number of aromatic nitrogens is 1. The summed E-state index contributed by atoms with van der Waals surface area (Å²) in [4.78, 5) is 29.0. The van der Waals surface area contributed by atoms with Crippen LogP contribution in [-0.4, -0.2) is 43.3 Å². The molecule has 1 heterocycles. The van der Waals surface area contributed by atoms with E-state index >= 15 is 0 Å². The Morgan fingerprint density at radius 3 is 2.48 bits per heavy atom. The summed E-state index contributed by atoms with van der Waals surface area (Å²) in [5.41, 5.74) is 1.79. The Labute approximate surface area is 170 Å². The lowest BCUT2D eigenvalue weighted by molar-refractivity contribution is -0.149. The molecule has 0 saturated heterocycles. The zero-order valence-corrected chi connectivity index (χ0v) is 17.2. The number of benzene rings is 1. The van der Waals surface area contributed by atoms with E-state index < -0.39 is 5.97 Å². The fourth-order valence-corrected chi connectivity index (χ4v) is 3.82. The molecule has 0 unspecified atom stereocenters. The number of esters is 2. The Morgan fingerprint density at radius 1 is 1.10 bits per heavy atom. The number of nitrogens with one attached hydrogen (secondary N) is 1. The van der Waals surface area contributed by atoms with Gasteiger partial charge in [-0.05, 0) is 45.6 Å². The maximum Gasteiger partial charge on any atom is 0.341 e. The van der Waals surface area contributed by atoms with Crippen LogP contribution in [0.4, 0.5) is 5.69 Å². The predicted octanol–water partition coefficient (Wildman–Crippen LogP) is 3.95. The molecule has 0 atom stereocenters. The number of rotatable bonds is 7. The van der Waals surface area contributed by atoms with E-state index in [1.54, 1.807) is 14.0 Å². The number of hydrogen-bond donors (Lipinski definition) is 1. The Kier molecular flexibility index (Phi) is 6.90. The fraction of sp³-hybridized carbons (Fsp3) is 0.500. The SMILES string of the molecule is CCOC(=O)c1cnc2c(OC)cccc2c1NC1CCC(C(=O)OCC)CC1. The third-order valence-corrected chi connectivity index (χ3v) is 5.27. The van der Waals surface area contributed by atoms with Gasteiger partial charge in [-0.1, -0.05) is 12.1 Å². The molecule has 1 fully saturated rings. The molecule has 1 aliphatic carbocycles.